The smallest absolute Gasteiger partial charge is 0.293 e. The maximum atomic E-state index is 10.9. The lowest BCUT2D eigenvalue weighted by Crippen LogP contribution is -2.08. The summed E-state index contributed by atoms with van der Waals surface area (Å²) in [5, 5.41) is 4.10. The van der Waals surface area contributed by atoms with Crippen LogP contribution in [0, 0.1) is 0 Å². The molecule has 1 unspecified atom stereocenters. The van der Waals surface area contributed by atoms with E-state index in [0.717, 1.165) is 11.5 Å². The lowest BCUT2D eigenvalue weighted by atomic mass is 10.4. The Bertz CT molecular complexity index is 334. The lowest BCUT2D eigenvalue weighted by Gasteiger charge is -2.16. The van der Waals surface area contributed by atoms with Crippen LogP contribution in [0.1, 0.15) is 28.7 Å². The van der Waals surface area contributed by atoms with E-state index in [-0.39, 0.29) is 16.9 Å². The van der Waals surface area contributed by atoms with Crippen LogP contribution in [0.15, 0.2) is 4.52 Å². The molecule has 1 aliphatic heterocycles. The molecule has 1 aliphatic rings. The average molecular weight is 230 g/mol. The van der Waals surface area contributed by atoms with Crippen LogP contribution < -0.4 is 0 Å². The van der Waals surface area contributed by atoms with Crippen molar-refractivity contribution in [3.63, 3.8) is 0 Å². The second kappa shape index (κ2) is 4.35. The number of nitrogens with zero attached hydrogens (tertiary/aromatic N) is 2. The molecule has 0 aromatic carbocycles. The van der Waals surface area contributed by atoms with Gasteiger partial charge in [0.1, 0.15) is 0 Å². The molecule has 0 amide bonds. The number of thioether (sulfide) groups is 2. The van der Waals surface area contributed by atoms with Crippen molar-refractivity contribution in [1.82, 2.24) is 10.1 Å². The van der Waals surface area contributed by atoms with Crippen molar-refractivity contribution >= 4 is 29.3 Å². The minimum Gasteiger partial charge on any atom is -0.331 e. The van der Waals surface area contributed by atoms with Gasteiger partial charge in [-0.05, 0) is 0 Å². The van der Waals surface area contributed by atoms with Crippen molar-refractivity contribution in [2.24, 2.45) is 0 Å². The average Bonchev–Trinajstić information content (AvgIpc) is 2.68. The summed E-state index contributed by atoms with van der Waals surface area (Å²) in [6.45, 7) is 1.43. The number of carbonyl (C=O) groups excluding carboxylic acids is 1. The first-order valence-electron chi connectivity index (χ1n) is 4.31. The number of rotatable bonds is 2. The summed E-state index contributed by atoms with van der Waals surface area (Å²) >= 11 is 3.71. The molecule has 2 heterocycles. The maximum absolute atomic E-state index is 10.9. The topological polar surface area (TPSA) is 56.0 Å². The normalized spacial score (nSPS) is 22.2. The molecule has 0 N–H and O–H groups in total. The predicted molar refractivity (Wildman–Crippen MR) is 56.8 cm³/mol. The summed E-state index contributed by atoms with van der Waals surface area (Å²) in [6, 6.07) is 0. The van der Waals surface area contributed by atoms with Gasteiger partial charge in [0.25, 0.3) is 5.89 Å². The number of Topliss-reactive ketones (excluding diaryl/α,β-unsaturated/α-hetero) is 1. The highest BCUT2D eigenvalue weighted by atomic mass is 32.2. The van der Waals surface area contributed by atoms with E-state index in [9.17, 15) is 4.79 Å². The van der Waals surface area contributed by atoms with E-state index in [0.29, 0.717) is 5.82 Å². The van der Waals surface area contributed by atoms with Crippen molar-refractivity contribution in [3.8, 4) is 0 Å². The Balaban J connectivity index is 2.11. The lowest BCUT2D eigenvalue weighted by molar-refractivity contribution is 0.0972. The van der Waals surface area contributed by atoms with Crippen LogP contribution in [0.25, 0.3) is 0 Å². The number of carbonyl (C=O) groups is 1. The molecule has 1 saturated heterocycles. The molecule has 0 saturated carbocycles. The van der Waals surface area contributed by atoms with Crippen molar-refractivity contribution in [3.05, 3.63) is 11.7 Å². The zero-order valence-electron chi connectivity index (χ0n) is 7.73. The molecule has 0 spiro atoms. The van der Waals surface area contributed by atoms with Crippen LogP contribution in [-0.4, -0.2) is 33.2 Å². The Kier molecular flexibility index (Phi) is 3.12. The zero-order valence-corrected chi connectivity index (χ0v) is 9.36. The summed E-state index contributed by atoms with van der Waals surface area (Å²) in [6.07, 6.45) is 0. The first-order chi connectivity index (χ1) is 6.77. The second-order valence-corrected chi connectivity index (χ2v) is 5.41. The molecule has 76 valence electrons. The van der Waals surface area contributed by atoms with Gasteiger partial charge in [-0.3, -0.25) is 4.79 Å². The van der Waals surface area contributed by atoms with Gasteiger partial charge in [0.15, 0.2) is 5.82 Å². The summed E-state index contributed by atoms with van der Waals surface area (Å²) in [7, 11) is 0. The monoisotopic (exact) mass is 230 g/mol. The fourth-order valence-electron chi connectivity index (χ4n) is 1.15. The Morgan fingerprint density at radius 1 is 1.57 bits per heavy atom. The van der Waals surface area contributed by atoms with Gasteiger partial charge < -0.3 is 4.52 Å². The highest BCUT2D eigenvalue weighted by molar-refractivity contribution is 8.06. The molecular formula is C8H10N2O2S2. The Labute approximate surface area is 90.2 Å². The number of ketones is 1. The van der Waals surface area contributed by atoms with Gasteiger partial charge in [-0.15, -0.1) is 11.8 Å². The van der Waals surface area contributed by atoms with Crippen LogP contribution in [0.4, 0.5) is 0 Å². The van der Waals surface area contributed by atoms with Crippen LogP contribution in [0.5, 0.6) is 0 Å². The molecule has 1 atom stereocenters. The third-order valence-corrected chi connectivity index (χ3v) is 4.60. The van der Waals surface area contributed by atoms with Crippen molar-refractivity contribution in [1.29, 1.82) is 0 Å². The minimum absolute atomic E-state index is 0.121. The minimum atomic E-state index is -0.169. The van der Waals surface area contributed by atoms with E-state index >= 15 is 0 Å². The van der Waals surface area contributed by atoms with Gasteiger partial charge in [-0.1, -0.05) is 5.16 Å². The van der Waals surface area contributed by atoms with Crippen LogP contribution in [0.2, 0.25) is 0 Å². The molecule has 0 bridgehead atoms. The quantitative estimate of drug-likeness (QED) is 0.722. The van der Waals surface area contributed by atoms with Crippen molar-refractivity contribution in [2.45, 2.75) is 12.2 Å². The highest BCUT2D eigenvalue weighted by Crippen LogP contribution is 2.34. The molecule has 14 heavy (non-hydrogen) atoms. The standard InChI is InChI=1S/C8H10N2O2S2/c1-5(11)8-9-7(10-12-8)6-4-13-2-3-14-6/h6H,2-4H2,1H3. The molecule has 1 aromatic heterocycles. The fraction of sp³-hybridized carbons (Fsp3) is 0.625. The summed E-state index contributed by atoms with van der Waals surface area (Å²) < 4.78 is 4.85. The third kappa shape index (κ3) is 2.12. The van der Waals surface area contributed by atoms with Crippen molar-refractivity contribution < 1.29 is 9.32 Å². The SMILES string of the molecule is CC(=O)c1nc(C2CSCCS2)no1. The molecule has 0 aliphatic carbocycles. The van der Waals surface area contributed by atoms with Crippen LogP contribution in [-0.2, 0) is 0 Å². The van der Waals surface area contributed by atoms with Crippen LogP contribution >= 0.6 is 23.5 Å². The van der Waals surface area contributed by atoms with Gasteiger partial charge in [-0.2, -0.15) is 16.7 Å². The summed E-state index contributed by atoms with van der Waals surface area (Å²) in [5.41, 5.74) is 0. The van der Waals surface area contributed by atoms with E-state index in [1.807, 2.05) is 23.5 Å². The van der Waals surface area contributed by atoms with E-state index in [4.69, 9.17) is 4.52 Å². The second-order valence-electron chi connectivity index (χ2n) is 2.95. The molecular weight excluding hydrogens is 220 g/mol. The highest BCUT2D eigenvalue weighted by Gasteiger charge is 2.22. The van der Waals surface area contributed by atoms with E-state index in [1.54, 1.807) is 0 Å². The first-order valence-corrected chi connectivity index (χ1v) is 6.51. The Morgan fingerprint density at radius 2 is 2.43 bits per heavy atom. The largest absolute Gasteiger partial charge is 0.331 e. The Hall–Kier alpha value is -0.490. The molecule has 2 rings (SSSR count). The first kappa shape index (κ1) is 10.0. The van der Waals surface area contributed by atoms with Crippen molar-refractivity contribution in [2.75, 3.05) is 17.3 Å². The number of hydrogen-bond acceptors (Lipinski definition) is 6. The third-order valence-electron chi connectivity index (χ3n) is 1.85. The molecule has 1 fully saturated rings. The number of hydrogen-bond donors (Lipinski definition) is 0. The summed E-state index contributed by atoms with van der Waals surface area (Å²) in [5.74, 6) is 3.90. The Morgan fingerprint density at radius 3 is 3.00 bits per heavy atom. The van der Waals surface area contributed by atoms with Gasteiger partial charge >= 0.3 is 0 Å². The maximum Gasteiger partial charge on any atom is 0.293 e. The number of aromatic nitrogens is 2. The fourth-order valence-corrected chi connectivity index (χ4v) is 3.73. The van der Waals surface area contributed by atoms with Crippen LogP contribution in [0.3, 0.4) is 0 Å². The predicted octanol–water partition coefficient (Wildman–Crippen LogP) is 1.79. The molecule has 6 heteroatoms. The van der Waals surface area contributed by atoms with Gasteiger partial charge in [0.2, 0.25) is 5.78 Å². The molecule has 0 radical (unpaired) electrons. The van der Waals surface area contributed by atoms with E-state index in [1.165, 1.54) is 12.7 Å². The molecule has 4 nitrogen and oxygen atoms in total. The zero-order chi connectivity index (χ0) is 9.97. The van der Waals surface area contributed by atoms with Gasteiger partial charge in [0, 0.05) is 24.2 Å². The summed E-state index contributed by atoms with van der Waals surface area (Å²) in [4.78, 5) is 15.0. The van der Waals surface area contributed by atoms with E-state index < -0.39 is 0 Å². The van der Waals surface area contributed by atoms with Gasteiger partial charge in [-0.25, -0.2) is 0 Å². The van der Waals surface area contributed by atoms with Gasteiger partial charge in [0.05, 0.1) is 5.25 Å². The van der Waals surface area contributed by atoms with E-state index in [2.05, 4.69) is 10.1 Å². The molecule has 1 aromatic rings.